The van der Waals surface area contributed by atoms with Gasteiger partial charge in [0.2, 0.25) is 11.8 Å². The first-order valence-corrected chi connectivity index (χ1v) is 10.7. The van der Waals surface area contributed by atoms with Gasteiger partial charge in [-0.2, -0.15) is 0 Å². The zero-order chi connectivity index (χ0) is 20.8. The molecule has 2 N–H and O–H groups in total. The summed E-state index contributed by atoms with van der Waals surface area (Å²) in [6.45, 7) is 3.86. The van der Waals surface area contributed by atoms with Crippen molar-refractivity contribution in [2.45, 2.75) is 58.3 Å². The second-order valence-corrected chi connectivity index (χ2v) is 8.92. The summed E-state index contributed by atoms with van der Waals surface area (Å²) in [5, 5.41) is 6.71. The fourth-order valence-electron chi connectivity index (χ4n) is 4.78. The van der Waals surface area contributed by atoms with Gasteiger partial charge in [0.15, 0.2) is 5.96 Å². The van der Waals surface area contributed by atoms with E-state index in [0.717, 1.165) is 57.9 Å². The van der Waals surface area contributed by atoms with Gasteiger partial charge in [-0.25, -0.2) is 0 Å². The molecule has 2 rings (SSSR count). The van der Waals surface area contributed by atoms with Crippen LogP contribution >= 0.6 is 24.0 Å². The van der Waals surface area contributed by atoms with E-state index in [1.165, 1.54) is 0 Å². The molecule has 0 saturated heterocycles. The zero-order valence-corrected chi connectivity index (χ0v) is 21.2. The maximum atomic E-state index is 12.8. The van der Waals surface area contributed by atoms with Gasteiger partial charge in [0.05, 0.1) is 17.4 Å². The molecule has 29 heavy (non-hydrogen) atoms. The van der Waals surface area contributed by atoms with Crippen LogP contribution in [-0.4, -0.2) is 75.4 Å². The van der Waals surface area contributed by atoms with E-state index in [9.17, 15) is 9.59 Å². The molecule has 0 aliphatic heterocycles. The Hall–Kier alpha value is -1.06. The van der Waals surface area contributed by atoms with E-state index in [2.05, 4.69) is 10.6 Å². The minimum Gasteiger partial charge on any atom is -0.357 e. The second-order valence-electron chi connectivity index (χ2n) is 8.92. The third-order valence-corrected chi connectivity index (χ3v) is 6.32. The van der Waals surface area contributed by atoms with Crippen molar-refractivity contribution in [3.63, 3.8) is 0 Å². The fraction of sp³-hybridized carbons (Fsp3) is 0.857. The smallest absolute Gasteiger partial charge is 0.230 e. The Bertz CT molecular complexity index is 580. The summed E-state index contributed by atoms with van der Waals surface area (Å²) in [4.78, 5) is 33.8. The first-order chi connectivity index (χ1) is 13.3. The van der Waals surface area contributed by atoms with E-state index in [0.29, 0.717) is 19.0 Å². The molecule has 0 bridgehead atoms. The van der Waals surface area contributed by atoms with E-state index in [-0.39, 0.29) is 46.6 Å². The van der Waals surface area contributed by atoms with Crippen molar-refractivity contribution in [1.82, 2.24) is 20.4 Å². The molecule has 0 unspecified atom stereocenters. The predicted octanol–water partition coefficient (Wildman–Crippen LogP) is 2.46. The van der Waals surface area contributed by atoms with Crippen LogP contribution in [-0.2, 0) is 9.59 Å². The number of amides is 2. The van der Waals surface area contributed by atoms with Crippen LogP contribution in [0.3, 0.4) is 0 Å². The van der Waals surface area contributed by atoms with Crippen LogP contribution in [0.4, 0.5) is 0 Å². The largest absolute Gasteiger partial charge is 0.357 e. The van der Waals surface area contributed by atoms with Crippen molar-refractivity contribution < 1.29 is 9.59 Å². The average molecular weight is 521 g/mol. The molecule has 0 atom stereocenters. The number of nitrogens with zero attached hydrogens (tertiary/aromatic N) is 3. The number of halogens is 1. The molecule has 0 aromatic rings. The number of carbonyl (C=O) groups is 2. The summed E-state index contributed by atoms with van der Waals surface area (Å²) in [7, 11) is 7.31. The summed E-state index contributed by atoms with van der Waals surface area (Å²) in [6.07, 6.45) is 7.98. The highest BCUT2D eigenvalue weighted by atomic mass is 127. The van der Waals surface area contributed by atoms with E-state index in [1.807, 2.05) is 35.1 Å². The second kappa shape index (κ2) is 11.4. The van der Waals surface area contributed by atoms with Gasteiger partial charge in [0, 0.05) is 41.3 Å². The molecule has 8 heteroatoms. The van der Waals surface area contributed by atoms with Crippen LogP contribution < -0.4 is 10.6 Å². The van der Waals surface area contributed by atoms with Gasteiger partial charge < -0.3 is 20.4 Å². The van der Waals surface area contributed by atoms with Gasteiger partial charge in [-0.3, -0.25) is 14.6 Å². The number of hydrogen-bond acceptors (Lipinski definition) is 3. The van der Waals surface area contributed by atoms with Crippen LogP contribution in [0.5, 0.6) is 0 Å². The SMILES string of the molecule is CCNC(=NCC1(C(=O)N(C)C)CCCC1)NCC1(C(=O)N(C)C)CCCC1.I. The lowest BCUT2D eigenvalue weighted by Crippen LogP contribution is -2.49. The molecule has 0 heterocycles. The number of rotatable bonds is 7. The first kappa shape index (κ1) is 26.0. The lowest BCUT2D eigenvalue weighted by Gasteiger charge is -2.32. The van der Waals surface area contributed by atoms with E-state index in [1.54, 1.807) is 9.80 Å². The molecule has 0 radical (unpaired) electrons. The number of nitrogens with one attached hydrogen (secondary N) is 2. The Labute approximate surface area is 193 Å². The summed E-state index contributed by atoms with van der Waals surface area (Å²) in [5.74, 6) is 1.08. The molecule has 2 saturated carbocycles. The van der Waals surface area contributed by atoms with Crippen molar-refractivity contribution in [2.75, 3.05) is 47.8 Å². The molecule has 0 spiro atoms. The van der Waals surface area contributed by atoms with Gasteiger partial charge in [-0.15, -0.1) is 24.0 Å². The number of carbonyl (C=O) groups excluding carboxylic acids is 2. The molecule has 7 nitrogen and oxygen atoms in total. The third kappa shape index (κ3) is 6.21. The standard InChI is InChI=1S/C21H39N5O2.HI/c1-6-22-19(23-15-20(11-7-8-12-20)17(27)25(2)3)24-16-21(13-9-10-14-21)18(28)26(4)5;/h6-16H2,1-5H3,(H2,22,23,24);1H. The molecular formula is C21H40IN5O2. The minimum atomic E-state index is -0.379. The van der Waals surface area contributed by atoms with Crippen molar-refractivity contribution in [3.8, 4) is 0 Å². The maximum absolute atomic E-state index is 12.8. The van der Waals surface area contributed by atoms with Crippen molar-refractivity contribution in [3.05, 3.63) is 0 Å². The van der Waals surface area contributed by atoms with Crippen LogP contribution in [0.2, 0.25) is 0 Å². The van der Waals surface area contributed by atoms with Crippen LogP contribution in [0, 0.1) is 10.8 Å². The van der Waals surface area contributed by atoms with Gasteiger partial charge in [-0.1, -0.05) is 25.7 Å². The fourth-order valence-corrected chi connectivity index (χ4v) is 4.78. The van der Waals surface area contributed by atoms with Gasteiger partial charge in [0.25, 0.3) is 0 Å². The number of hydrogen-bond donors (Lipinski definition) is 2. The Kier molecular flexibility index (Phi) is 10.2. The quantitative estimate of drug-likeness (QED) is 0.307. The van der Waals surface area contributed by atoms with Crippen molar-refractivity contribution >= 4 is 41.8 Å². The average Bonchev–Trinajstić information content (AvgIpc) is 3.33. The molecule has 2 fully saturated rings. The third-order valence-electron chi connectivity index (χ3n) is 6.32. The van der Waals surface area contributed by atoms with Crippen LogP contribution in [0.15, 0.2) is 4.99 Å². The molecule has 2 aliphatic carbocycles. The lowest BCUT2D eigenvalue weighted by molar-refractivity contribution is -0.139. The van der Waals surface area contributed by atoms with Gasteiger partial charge >= 0.3 is 0 Å². The summed E-state index contributed by atoms with van der Waals surface area (Å²) in [5.41, 5.74) is -0.722. The monoisotopic (exact) mass is 521 g/mol. The summed E-state index contributed by atoms with van der Waals surface area (Å²) < 4.78 is 0. The highest BCUT2D eigenvalue weighted by molar-refractivity contribution is 14.0. The lowest BCUT2D eigenvalue weighted by atomic mass is 9.84. The Morgan fingerprint density at radius 2 is 1.28 bits per heavy atom. The zero-order valence-electron chi connectivity index (χ0n) is 18.8. The Balaban J connectivity index is 0.00000420. The van der Waals surface area contributed by atoms with E-state index < -0.39 is 0 Å². The molecule has 0 aromatic heterocycles. The highest BCUT2D eigenvalue weighted by Gasteiger charge is 2.43. The number of aliphatic imine (C=N–C) groups is 1. The number of guanidine groups is 1. The summed E-state index contributed by atoms with van der Waals surface area (Å²) >= 11 is 0. The molecule has 0 aromatic carbocycles. The maximum Gasteiger partial charge on any atom is 0.230 e. The summed E-state index contributed by atoms with van der Waals surface area (Å²) in [6, 6.07) is 0. The van der Waals surface area contributed by atoms with Crippen molar-refractivity contribution in [2.24, 2.45) is 15.8 Å². The molecule has 168 valence electrons. The first-order valence-electron chi connectivity index (χ1n) is 10.7. The minimum absolute atomic E-state index is 0. The van der Waals surface area contributed by atoms with E-state index >= 15 is 0 Å². The Morgan fingerprint density at radius 1 is 0.828 bits per heavy atom. The predicted molar refractivity (Wildman–Crippen MR) is 129 cm³/mol. The van der Waals surface area contributed by atoms with Crippen LogP contribution in [0.1, 0.15) is 58.3 Å². The molecular weight excluding hydrogens is 481 g/mol. The van der Waals surface area contributed by atoms with E-state index in [4.69, 9.17) is 4.99 Å². The molecule has 2 amide bonds. The van der Waals surface area contributed by atoms with Gasteiger partial charge in [0.1, 0.15) is 0 Å². The van der Waals surface area contributed by atoms with Gasteiger partial charge in [-0.05, 0) is 32.6 Å². The Morgan fingerprint density at radius 3 is 1.72 bits per heavy atom. The molecule has 2 aliphatic rings. The topological polar surface area (TPSA) is 77.0 Å². The van der Waals surface area contributed by atoms with Crippen LogP contribution in [0.25, 0.3) is 0 Å². The highest BCUT2D eigenvalue weighted by Crippen LogP contribution is 2.40. The normalized spacial score (nSPS) is 20.0. The van der Waals surface area contributed by atoms with Crippen molar-refractivity contribution in [1.29, 1.82) is 0 Å².